The Balaban J connectivity index is 4.34. The molecular formula is C12H17F6NO4. The summed E-state index contributed by atoms with van der Waals surface area (Å²) in [4.78, 5) is 22.5. The van der Waals surface area contributed by atoms with Crippen LogP contribution in [0, 0.1) is 5.41 Å². The van der Waals surface area contributed by atoms with Crippen molar-refractivity contribution in [1.82, 2.24) is 5.32 Å². The van der Waals surface area contributed by atoms with Crippen LogP contribution in [0.2, 0.25) is 0 Å². The van der Waals surface area contributed by atoms with Crippen LogP contribution in [0.15, 0.2) is 0 Å². The first-order valence-electron chi connectivity index (χ1n) is 6.47. The minimum Gasteiger partial charge on any atom is -0.463 e. The Bertz CT molecular complexity index is 405. The summed E-state index contributed by atoms with van der Waals surface area (Å²) in [5, 5.41) is 1.64. The third-order valence-electron chi connectivity index (χ3n) is 2.86. The summed E-state index contributed by atoms with van der Waals surface area (Å²) in [6.07, 6.45) is -17.3. The number of nitrogens with one attached hydrogen (secondary N) is 1. The summed E-state index contributed by atoms with van der Waals surface area (Å²) in [7, 11) is 0. The normalized spacial score (nSPS) is 13.0. The van der Waals surface area contributed by atoms with E-state index in [2.05, 4.69) is 4.74 Å². The van der Waals surface area contributed by atoms with Crippen molar-refractivity contribution in [3.05, 3.63) is 0 Å². The largest absolute Gasteiger partial charge is 0.463 e. The minimum atomic E-state index is -5.78. The number of alkyl carbamates (subject to hydrolysis) is 1. The molecule has 0 heterocycles. The molecule has 1 N–H and O–H groups in total. The molecule has 0 atom stereocenters. The molecule has 0 aliphatic heterocycles. The van der Waals surface area contributed by atoms with Crippen LogP contribution in [0.4, 0.5) is 31.1 Å². The van der Waals surface area contributed by atoms with Gasteiger partial charge in [0.1, 0.15) is 6.61 Å². The molecule has 0 aliphatic rings. The molecule has 0 fully saturated rings. The molecule has 0 aromatic heterocycles. The van der Waals surface area contributed by atoms with Crippen molar-refractivity contribution in [2.24, 2.45) is 5.41 Å². The van der Waals surface area contributed by atoms with Gasteiger partial charge in [-0.1, -0.05) is 6.92 Å². The van der Waals surface area contributed by atoms with E-state index in [1.165, 1.54) is 0 Å². The van der Waals surface area contributed by atoms with Gasteiger partial charge in [-0.3, -0.25) is 4.79 Å². The Morgan fingerprint density at radius 2 is 1.52 bits per heavy atom. The average Bonchev–Trinajstić information content (AvgIpc) is 2.38. The van der Waals surface area contributed by atoms with E-state index in [4.69, 9.17) is 4.74 Å². The lowest BCUT2D eigenvalue weighted by Crippen LogP contribution is -2.47. The Morgan fingerprint density at radius 1 is 1.04 bits per heavy atom. The highest BCUT2D eigenvalue weighted by Gasteiger charge is 2.59. The molecule has 0 radical (unpaired) electrons. The van der Waals surface area contributed by atoms with E-state index in [9.17, 15) is 35.9 Å². The van der Waals surface area contributed by atoms with E-state index in [0.717, 1.165) is 0 Å². The van der Waals surface area contributed by atoms with Crippen molar-refractivity contribution >= 4 is 12.1 Å². The van der Waals surface area contributed by atoms with Crippen LogP contribution < -0.4 is 5.32 Å². The maximum Gasteiger partial charge on any atom is 0.434 e. The predicted octanol–water partition coefficient (Wildman–Crippen LogP) is 3.19. The molecule has 0 rings (SSSR count). The summed E-state index contributed by atoms with van der Waals surface area (Å²) >= 11 is 0. The van der Waals surface area contributed by atoms with Crippen molar-refractivity contribution in [3.8, 4) is 0 Å². The molecule has 0 saturated heterocycles. The second-order valence-corrected chi connectivity index (χ2v) is 5.17. The van der Waals surface area contributed by atoms with Crippen molar-refractivity contribution in [1.29, 1.82) is 0 Å². The van der Waals surface area contributed by atoms with E-state index < -0.39 is 49.1 Å². The zero-order valence-corrected chi connectivity index (χ0v) is 12.6. The van der Waals surface area contributed by atoms with Gasteiger partial charge in [-0.15, -0.1) is 0 Å². The molecule has 0 spiro atoms. The highest BCUT2D eigenvalue weighted by atomic mass is 19.4. The Kier molecular flexibility index (Phi) is 7.17. The summed E-state index contributed by atoms with van der Waals surface area (Å²) in [6.45, 7) is 4.00. The predicted molar refractivity (Wildman–Crippen MR) is 65.4 cm³/mol. The Labute approximate surface area is 128 Å². The van der Waals surface area contributed by atoms with Gasteiger partial charge in [0.25, 0.3) is 6.10 Å². The fourth-order valence-electron chi connectivity index (χ4n) is 1.10. The average molecular weight is 353 g/mol. The van der Waals surface area contributed by atoms with Crippen molar-refractivity contribution in [2.75, 3.05) is 13.2 Å². The molecule has 5 nitrogen and oxygen atoms in total. The number of amides is 1. The molecule has 0 saturated carbocycles. The van der Waals surface area contributed by atoms with E-state index in [1.807, 2.05) is 0 Å². The first-order chi connectivity index (χ1) is 10.2. The highest BCUT2D eigenvalue weighted by Crippen LogP contribution is 2.35. The maximum atomic E-state index is 12.1. The lowest BCUT2D eigenvalue weighted by Gasteiger charge is -2.23. The van der Waals surface area contributed by atoms with Crippen LogP contribution in [0.1, 0.15) is 27.2 Å². The molecule has 11 heteroatoms. The molecule has 0 aromatic carbocycles. The Morgan fingerprint density at radius 3 is 1.91 bits per heavy atom. The highest BCUT2D eigenvalue weighted by molar-refractivity contribution is 5.75. The van der Waals surface area contributed by atoms with Crippen LogP contribution in [0.25, 0.3) is 0 Å². The number of hydrogen-bond acceptors (Lipinski definition) is 4. The fourth-order valence-corrected chi connectivity index (χ4v) is 1.10. The monoisotopic (exact) mass is 353 g/mol. The quantitative estimate of drug-likeness (QED) is 0.453. The molecule has 0 aliphatic carbocycles. The molecule has 0 bridgehead atoms. The standard InChI is InChI=1S/C12H17F6NO4/c1-4-10(2,3)8(20)22-6-5-19-9(21)23-7(11(13,14)15)12(16,17)18/h7H,4-6H2,1-3H3,(H,19,21). The number of carbonyl (C=O) groups excluding carboxylic acids is 2. The number of hydrogen-bond donors (Lipinski definition) is 1. The van der Waals surface area contributed by atoms with E-state index in [-0.39, 0.29) is 0 Å². The zero-order valence-electron chi connectivity index (χ0n) is 12.6. The number of carbonyl (C=O) groups is 2. The van der Waals surface area contributed by atoms with Gasteiger partial charge in [-0.05, 0) is 20.3 Å². The number of ether oxygens (including phenoxy) is 2. The van der Waals surface area contributed by atoms with Gasteiger partial charge in [0.2, 0.25) is 0 Å². The van der Waals surface area contributed by atoms with Crippen molar-refractivity contribution in [3.63, 3.8) is 0 Å². The summed E-state index contributed by atoms with van der Waals surface area (Å²) in [5.41, 5.74) is -0.793. The van der Waals surface area contributed by atoms with Crippen LogP contribution >= 0.6 is 0 Å². The lowest BCUT2D eigenvalue weighted by molar-refractivity contribution is -0.307. The van der Waals surface area contributed by atoms with Crippen molar-refractivity contribution < 1.29 is 45.4 Å². The topological polar surface area (TPSA) is 64.6 Å². The van der Waals surface area contributed by atoms with E-state index in [0.29, 0.717) is 6.42 Å². The third kappa shape index (κ3) is 7.42. The zero-order chi connectivity index (χ0) is 18.5. The molecule has 0 unspecified atom stereocenters. The fraction of sp³-hybridized carbons (Fsp3) is 0.833. The van der Waals surface area contributed by atoms with E-state index in [1.54, 1.807) is 26.1 Å². The second kappa shape index (κ2) is 7.73. The molecule has 0 aromatic rings. The van der Waals surface area contributed by atoms with Crippen molar-refractivity contribution in [2.45, 2.75) is 45.6 Å². The van der Waals surface area contributed by atoms with Gasteiger partial charge >= 0.3 is 24.4 Å². The van der Waals surface area contributed by atoms with Gasteiger partial charge in [0, 0.05) is 0 Å². The summed E-state index contributed by atoms with van der Waals surface area (Å²) in [5.74, 6) is -0.612. The summed E-state index contributed by atoms with van der Waals surface area (Å²) in [6, 6.07) is 0. The van der Waals surface area contributed by atoms with Crippen LogP contribution in [0.5, 0.6) is 0 Å². The first kappa shape index (κ1) is 21.3. The molecule has 23 heavy (non-hydrogen) atoms. The van der Waals surface area contributed by atoms with Crippen LogP contribution in [0.3, 0.4) is 0 Å². The van der Waals surface area contributed by atoms with Gasteiger partial charge < -0.3 is 14.8 Å². The lowest BCUT2D eigenvalue weighted by atomic mass is 9.91. The number of esters is 1. The minimum absolute atomic E-state index is 0.417. The molecular weight excluding hydrogens is 336 g/mol. The molecule has 136 valence electrons. The maximum absolute atomic E-state index is 12.1. The smallest absolute Gasteiger partial charge is 0.434 e. The Hall–Kier alpha value is -1.68. The number of halogens is 6. The van der Waals surface area contributed by atoms with Gasteiger partial charge in [-0.25, -0.2) is 4.79 Å². The van der Waals surface area contributed by atoms with Gasteiger partial charge in [0.15, 0.2) is 0 Å². The number of rotatable bonds is 6. The summed E-state index contributed by atoms with van der Waals surface area (Å²) < 4.78 is 80.9. The molecule has 1 amide bonds. The second-order valence-electron chi connectivity index (χ2n) is 5.17. The third-order valence-corrected chi connectivity index (χ3v) is 2.86. The van der Waals surface area contributed by atoms with Crippen LogP contribution in [-0.2, 0) is 14.3 Å². The van der Waals surface area contributed by atoms with Gasteiger partial charge in [-0.2, -0.15) is 26.3 Å². The first-order valence-corrected chi connectivity index (χ1v) is 6.47. The van der Waals surface area contributed by atoms with E-state index >= 15 is 0 Å². The number of alkyl halides is 6. The van der Waals surface area contributed by atoms with Crippen LogP contribution in [-0.4, -0.2) is 43.7 Å². The SMILES string of the molecule is CCC(C)(C)C(=O)OCCNC(=O)OC(C(F)(F)F)C(F)(F)F. The van der Waals surface area contributed by atoms with Gasteiger partial charge in [0.05, 0.1) is 12.0 Å².